The maximum Gasteiger partial charge on any atom is 0.234 e. The number of hydrogen-bond acceptors (Lipinski definition) is 3. The zero-order valence-corrected chi connectivity index (χ0v) is 10.1. The summed E-state index contributed by atoms with van der Waals surface area (Å²) in [6.07, 6.45) is 2.42. The number of primary amides is 1. The van der Waals surface area contributed by atoms with Gasteiger partial charge in [0.1, 0.15) is 0 Å². The van der Waals surface area contributed by atoms with Crippen molar-refractivity contribution in [3.8, 4) is 0 Å². The molecule has 16 heavy (non-hydrogen) atoms. The van der Waals surface area contributed by atoms with Crippen LogP contribution in [0.1, 0.15) is 26.0 Å². The van der Waals surface area contributed by atoms with Gasteiger partial charge in [0.05, 0.1) is 6.04 Å². The third-order valence-electron chi connectivity index (χ3n) is 2.44. The van der Waals surface area contributed by atoms with Crippen LogP contribution in [0, 0.1) is 6.92 Å². The lowest BCUT2D eigenvalue weighted by molar-refractivity contribution is -0.120. The zero-order valence-electron chi connectivity index (χ0n) is 10.1. The summed E-state index contributed by atoms with van der Waals surface area (Å²) < 4.78 is 1.87. The van der Waals surface area contributed by atoms with Gasteiger partial charge in [-0.3, -0.25) is 9.48 Å². The monoisotopic (exact) mass is 224 g/mol. The Bertz CT molecular complexity index is 346. The minimum Gasteiger partial charge on any atom is -0.368 e. The lowest BCUT2D eigenvalue weighted by Gasteiger charge is -2.18. The van der Waals surface area contributed by atoms with Crippen molar-refractivity contribution in [2.75, 3.05) is 0 Å². The molecule has 1 heterocycles. The second kappa shape index (κ2) is 5.65. The van der Waals surface area contributed by atoms with Gasteiger partial charge in [-0.15, -0.1) is 0 Å². The second-order valence-electron chi connectivity index (χ2n) is 4.26. The van der Waals surface area contributed by atoms with E-state index < -0.39 is 0 Å². The first-order valence-corrected chi connectivity index (χ1v) is 5.54. The molecule has 0 fully saturated rings. The molecule has 1 aromatic rings. The van der Waals surface area contributed by atoms with E-state index in [1.807, 2.05) is 31.5 Å². The fourth-order valence-corrected chi connectivity index (χ4v) is 1.59. The van der Waals surface area contributed by atoms with Gasteiger partial charge in [0, 0.05) is 24.5 Å². The van der Waals surface area contributed by atoms with Gasteiger partial charge in [-0.1, -0.05) is 13.8 Å². The molecule has 0 aromatic carbocycles. The Balaban J connectivity index is 2.50. The van der Waals surface area contributed by atoms with Crippen molar-refractivity contribution in [2.45, 2.75) is 45.8 Å². The lowest BCUT2D eigenvalue weighted by Crippen LogP contribution is -2.45. The van der Waals surface area contributed by atoms with Crippen LogP contribution in [-0.2, 0) is 11.3 Å². The molecule has 5 heteroatoms. The van der Waals surface area contributed by atoms with Crippen molar-refractivity contribution in [1.29, 1.82) is 0 Å². The van der Waals surface area contributed by atoms with E-state index in [1.54, 1.807) is 6.20 Å². The SMILES string of the molecule is Cc1ccnn1CCC(NC(C)C)C(N)=O. The minimum absolute atomic E-state index is 0.246. The third kappa shape index (κ3) is 3.66. The fraction of sp³-hybridized carbons (Fsp3) is 0.636. The van der Waals surface area contributed by atoms with Crippen LogP contribution in [0.4, 0.5) is 0 Å². The summed E-state index contributed by atoms with van der Waals surface area (Å²) in [5, 5.41) is 7.31. The third-order valence-corrected chi connectivity index (χ3v) is 2.44. The van der Waals surface area contributed by atoms with Crippen LogP contribution >= 0.6 is 0 Å². The van der Waals surface area contributed by atoms with Gasteiger partial charge in [-0.05, 0) is 19.4 Å². The first-order chi connectivity index (χ1) is 7.50. The Morgan fingerprint density at radius 2 is 2.31 bits per heavy atom. The van der Waals surface area contributed by atoms with Crippen LogP contribution < -0.4 is 11.1 Å². The molecule has 0 saturated heterocycles. The van der Waals surface area contributed by atoms with E-state index in [0.29, 0.717) is 13.0 Å². The van der Waals surface area contributed by atoms with Crippen LogP contribution in [0.25, 0.3) is 0 Å². The Morgan fingerprint density at radius 1 is 1.62 bits per heavy atom. The molecule has 1 amide bonds. The summed E-state index contributed by atoms with van der Waals surface area (Å²) in [4.78, 5) is 11.2. The number of nitrogens with two attached hydrogens (primary N) is 1. The van der Waals surface area contributed by atoms with Crippen molar-refractivity contribution in [3.63, 3.8) is 0 Å². The first kappa shape index (κ1) is 12.7. The number of aromatic nitrogens is 2. The Kier molecular flexibility index (Phi) is 4.49. The van der Waals surface area contributed by atoms with Crippen molar-refractivity contribution in [1.82, 2.24) is 15.1 Å². The van der Waals surface area contributed by atoms with Gasteiger partial charge in [-0.2, -0.15) is 5.10 Å². The van der Waals surface area contributed by atoms with Gasteiger partial charge in [0.15, 0.2) is 0 Å². The van der Waals surface area contributed by atoms with E-state index in [2.05, 4.69) is 10.4 Å². The number of amides is 1. The molecule has 0 aliphatic rings. The van der Waals surface area contributed by atoms with Gasteiger partial charge in [0.2, 0.25) is 5.91 Å². The largest absolute Gasteiger partial charge is 0.368 e. The summed E-state index contributed by atoms with van der Waals surface area (Å²) in [7, 11) is 0. The summed E-state index contributed by atoms with van der Waals surface area (Å²) in [5.74, 6) is -0.307. The molecule has 1 rings (SSSR count). The molecule has 3 N–H and O–H groups in total. The minimum atomic E-state index is -0.307. The number of carbonyl (C=O) groups is 1. The molecule has 0 aliphatic heterocycles. The quantitative estimate of drug-likeness (QED) is 0.736. The normalized spacial score (nSPS) is 13.0. The van der Waals surface area contributed by atoms with E-state index in [1.165, 1.54) is 0 Å². The van der Waals surface area contributed by atoms with Gasteiger partial charge < -0.3 is 11.1 Å². The maximum absolute atomic E-state index is 11.2. The van der Waals surface area contributed by atoms with Gasteiger partial charge >= 0.3 is 0 Å². The highest BCUT2D eigenvalue weighted by Crippen LogP contribution is 2.01. The van der Waals surface area contributed by atoms with Gasteiger partial charge in [0.25, 0.3) is 0 Å². The van der Waals surface area contributed by atoms with Crippen molar-refractivity contribution >= 4 is 5.91 Å². The number of nitrogens with one attached hydrogen (secondary N) is 1. The zero-order chi connectivity index (χ0) is 12.1. The molecular weight excluding hydrogens is 204 g/mol. The molecule has 90 valence electrons. The average Bonchev–Trinajstić information content (AvgIpc) is 2.57. The second-order valence-corrected chi connectivity index (χ2v) is 4.26. The summed E-state index contributed by atoms with van der Waals surface area (Å²) in [6, 6.07) is 1.90. The highest BCUT2D eigenvalue weighted by Gasteiger charge is 2.16. The molecule has 0 spiro atoms. The van der Waals surface area contributed by atoms with Crippen molar-refractivity contribution in [3.05, 3.63) is 18.0 Å². The molecule has 1 atom stereocenters. The van der Waals surface area contributed by atoms with Gasteiger partial charge in [-0.25, -0.2) is 0 Å². The average molecular weight is 224 g/mol. The highest BCUT2D eigenvalue weighted by molar-refractivity contribution is 5.79. The number of aryl methyl sites for hydroxylation is 2. The summed E-state index contributed by atoms with van der Waals surface area (Å²) in [5.41, 5.74) is 6.42. The Hall–Kier alpha value is -1.36. The number of nitrogens with zero attached hydrogens (tertiary/aromatic N) is 2. The molecule has 1 unspecified atom stereocenters. The number of rotatable bonds is 6. The number of carbonyl (C=O) groups excluding carboxylic acids is 1. The lowest BCUT2D eigenvalue weighted by atomic mass is 10.1. The molecular formula is C11H20N4O. The highest BCUT2D eigenvalue weighted by atomic mass is 16.1. The van der Waals surface area contributed by atoms with Crippen molar-refractivity contribution in [2.24, 2.45) is 5.73 Å². The standard InChI is InChI=1S/C11H20N4O/c1-8(2)14-10(11(12)16)5-7-15-9(3)4-6-13-15/h4,6,8,10,14H,5,7H2,1-3H3,(H2,12,16). The van der Waals surface area contributed by atoms with E-state index in [9.17, 15) is 4.79 Å². The summed E-state index contributed by atoms with van der Waals surface area (Å²) in [6.45, 7) is 6.68. The van der Waals surface area contributed by atoms with Crippen molar-refractivity contribution < 1.29 is 4.79 Å². The Morgan fingerprint density at radius 3 is 2.75 bits per heavy atom. The maximum atomic E-state index is 11.2. The predicted molar refractivity (Wildman–Crippen MR) is 62.8 cm³/mol. The topological polar surface area (TPSA) is 72.9 Å². The van der Waals surface area contributed by atoms with E-state index in [0.717, 1.165) is 5.69 Å². The van der Waals surface area contributed by atoms with E-state index in [-0.39, 0.29) is 18.0 Å². The fourth-order valence-electron chi connectivity index (χ4n) is 1.59. The van der Waals surface area contributed by atoms with Crippen LogP contribution in [-0.4, -0.2) is 27.8 Å². The number of hydrogen-bond donors (Lipinski definition) is 2. The molecule has 1 aromatic heterocycles. The molecule has 0 saturated carbocycles. The predicted octanol–water partition coefficient (Wildman–Crippen LogP) is 0.434. The molecule has 0 radical (unpaired) electrons. The van der Waals surface area contributed by atoms with Crippen LogP contribution in [0.2, 0.25) is 0 Å². The Labute approximate surface area is 96.0 Å². The smallest absolute Gasteiger partial charge is 0.234 e. The van der Waals surface area contributed by atoms with Crippen LogP contribution in [0.3, 0.4) is 0 Å². The van der Waals surface area contributed by atoms with E-state index in [4.69, 9.17) is 5.73 Å². The molecule has 5 nitrogen and oxygen atoms in total. The molecule has 0 bridgehead atoms. The summed E-state index contributed by atoms with van der Waals surface area (Å²) >= 11 is 0. The molecule has 0 aliphatic carbocycles. The first-order valence-electron chi connectivity index (χ1n) is 5.54. The van der Waals surface area contributed by atoms with Crippen LogP contribution in [0.15, 0.2) is 12.3 Å². The van der Waals surface area contributed by atoms with E-state index >= 15 is 0 Å². The van der Waals surface area contributed by atoms with Crippen LogP contribution in [0.5, 0.6) is 0 Å².